The molecule has 0 saturated heterocycles. The van der Waals surface area contributed by atoms with Crippen LogP contribution in [0.15, 0.2) is 65.2 Å². The second kappa shape index (κ2) is 7.45. The van der Waals surface area contributed by atoms with Gasteiger partial charge in [0.2, 0.25) is 11.2 Å². The van der Waals surface area contributed by atoms with Crippen molar-refractivity contribution in [3.63, 3.8) is 0 Å². The van der Waals surface area contributed by atoms with Crippen LogP contribution in [0.3, 0.4) is 0 Å². The first-order valence-electron chi connectivity index (χ1n) is 7.85. The van der Waals surface area contributed by atoms with Crippen LogP contribution in [-0.4, -0.2) is 25.3 Å². The molecule has 1 heterocycles. The Hall–Kier alpha value is -2.72. The van der Waals surface area contributed by atoms with E-state index in [1.807, 2.05) is 55.5 Å². The number of hydrogen-bond donors (Lipinski definition) is 1. The Labute approximate surface area is 147 Å². The maximum Gasteiger partial charge on any atom is 0.336 e. The lowest BCUT2D eigenvalue weighted by molar-refractivity contribution is -0.737. The predicted octanol–water partition coefficient (Wildman–Crippen LogP) is 0.876. The Balaban J connectivity index is 2.23. The fraction of sp³-hybridized carbons (Fsp3) is 0.167. The minimum Gasteiger partial charge on any atom is -0.288 e. The number of anilines is 1. The SMILES string of the molecule is CC(=O)Nc1on[n+](N(C)C)c1P(c1ccccc1)c1ccccc1. The molecule has 25 heavy (non-hydrogen) atoms. The van der Waals surface area contributed by atoms with Crippen LogP contribution in [0.25, 0.3) is 0 Å². The van der Waals surface area contributed by atoms with Crippen molar-refractivity contribution in [3.05, 3.63) is 60.7 Å². The highest BCUT2D eigenvalue weighted by molar-refractivity contribution is 7.79. The molecular weight excluding hydrogens is 335 g/mol. The second-order valence-electron chi connectivity index (χ2n) is 5.65. The third-order valence-corrected chi connectivity index (χ3v) is 5.95. The van der Waals surface area contributed by atoms with E-state index in [2.05, 4.69) is 34.9 Å². The van der Waals surface area contributed by atoms with Crippen molar-refractivity contribution in [2.45, 2.75) is 6.92 Å². The van der Waals surface area contributed by atoms with Crippen molar-refractivity contribution in [1.29, 1.82) is 0 Å². The number of hydrogen-bond acceptors (Lipinski definition) is 4. The second-order valence-corrected chi connectivity index (χ2v) is 7.78. The summed E-state index contributed by atoms with van der Waals surface area (Å²) < 4.78 is 5.45. The van der Waals surface area contributed by atoms with Crippen LogP contribution in [-0.2, 0) is 4.79 Å². The van der Waals surface area contributed by atoms with E-state index in [1.54, 1.807) is 4.79 Å². The topological polar surface area (TPSA) is 62.3 Å². The first-order chi connectivity index (χ1) is 12.1. The molecule has 0 saturated carbocycles. The fourth-order valence-electron chi connectivity index (χ4n) is 2.49. The number of aromatic nitrogens is 2. The van der Waals surface area contributed by atoms with Crippen molar-refractivity contribution >= 4 is 35.8 Å². The highest BCUT2D eigenvalue weighted by Crippen LogP contribution is 2.33. The van der Waals surface area contributed by atoms with E-state index in [0.29, 0.717) is 5.88 Å². The van der Waals surface area contributed by atoms with Crippen molar-refractivity contribution < 1.29 is 14.1 Å². The number of carbonyl (C=O) groups excluding carboxylic acids is 1. The van der Waals surface area contributed by atoms with Gasteiger partial charge in [0, 0.05) is 6.92 Å². The molecule has 1 amide bonds. The van der Waals surface area contributed by atoms with Gasteiger partial charge in [0.15, 0.2) is 0 Å². The van der Waals surface area contributed by atoms with Crippen LogP contribution in [0, 0.1) is 0 Å². The summed E-state index contributed by atoms with van der Waals surface area (Å²) in [6, 6.07) is 20.4. The first kappa shape index (κ1) is 17.1. The molecule has 2 aromatic carbocycles. The van der Waals surface area contributed by atoms with E-state index in [-0.39, 0.29) is 5.91 Å². The average Bonchev–Trinajstić information content (AvgIpc) is 3.00. The monoisotopic (exact) mass is 355 g/mol. The molecule has 0 fully saturated rings. The van der Waals surface area contributed by atoms with Crippen molar-refractivity contribution in [3.8, 4) is 0 Å². The van der Waals surface area contributed by atoms with Crippen LogP contribution in [0.1, 0.15) is 6.92 Å². The Kier molecular flexibility index (Phi) is 5.10. The number of nitrogens with one attached hydrogen (secondary N) is 1. The summed E-state index contributed by atoms with van der Waals surface area (Å²) in [5.41, 5.74) is 0.826. The van der Waals surface area contributed by atoms with Gasteiger partial charge in [0.25, 0.3) is 0 Å². The van der Waals surface area contributed by atoms with Gasteiger partial charge in [0.1, 0.15) is 0 Å². The normalized spacial score (nSPS) is 10.7. The summed E-state index contributed by atoms with van der Waals surface area (Å²) in [5, 5.41) is 11.0. The van der Waals surface area contributed by atoms with Crippen LogP contribution < -0.4 is 31.2 Å². The van der Waals surface area contributed by atoms with E-state index in [0.717, 1.165) is 16.0 Å². The predicted molar refractivity (Wildman–Crippen MR) is 99.8 cm³/mol. The van der Waals surface area contributed by atoms with Crippen LogP contribution >= 0.6 is 7.92 Å². The smallest absolute Gasteiger partial charge is 0.288 e. The number of carbonyl (C=O) groups is 1. The van der Waals surface area contributed by atoms with Gasteiger partial charge in [-0.05, 0) is 10.6 Å². The van der Waals surface area contributed by atoms with Gasteiger partial charge in [-0.25, -0.2) is 0 Å². The van der Waals surface area contributed by atoms with Crippen LogP contribution in [0.4, 0.5) is 5.88 Å². The largest absolute Gasteiger partial charge is 0.336 e. The summed E-state index contributed by atoms with van der Waals surface area (Å²) in [4.78, 5) is 13.3. The van der Waals surface area contributed by atoms with Crippen LogP contribution in [0.2, 0.25) is 0 Å². The third-order valence-electron chi connectivity index (χ3n) is 3.51. The van der Waals surface area contributed by atoms with Crippen molar-refractivity contribution in [2.75, 3.05) is 24.4 Å². The quantitative estimate of drug-likeness (QED) is 0.545. The average molecular weight is 355 g/mol. The van der Waals surface area contributed by atoms with Gasteiger partial charge in [-0.2, -0.15) is 5.01 Å². The van der Waals surface area contributed by atoms with Crippen molar-refractivity contribution in [1.82, 2.24) is 5.27 Å². The molecule has 3 aromatic rings. The number of rotatable bonds is 5. The molecule has 0 radical (unpaired) electrons. The Bertz CT molecular complexity index is 811. The molecule has 0 atom stereocenters. The summed E-state index contributed by atoms with van der Waals surface area (Å²) in [5.74, 6) is 0.180. The van der Waals surface area contributed by atoms with Gasteiger partial charge in [-0.1, -0.05) is 60.7 Å². The minimum atomic E-state index is -0.963. The minimum absolute atomic E-state index is 0.195. The van der Waals surface area contributed by atoms with E-state index in [9.17, 15) is 4.79 Å². The molecule has 0 unspecified atom stereocenters. The van der Waals surface area contributed by atoms with Crippen LogP contribution in [0.5, 0.6) is 0 Å². The van der Waals surface area contributed by atoms with E-state index < -0.39 is 7.92 Å². The highest BCUT2D eigenvalue weighted by atomic mass is 31.1. The zero-order chi connectivity index (χ0) is 17.8. The molecular formula is C18H20N4O2P+. The lowest BCUT2D eigenvalue weighted by Gasteiger charge is -2.15. The van der Waals surface area contributed by atoms with Crippen molar-refractivity contribution in [2.24, 2.45) is 0 Å². The molecule has 0 bridgehead atoms. The lowest BCUT2D eigenvalue weighted by Crippen LogP contribution is -2.63. The van der Waals surface area contributed by atoms with Gasteiger partial charge in [-0.3, -0.25) is 14.6 Å². The molecule has 0 aliphatic heterocycles. The number of amides is 1. The third kappa shape index (κ3) is 3.69. The zero-order valence-electron chi connectivity index (χ0n) is 14.4. The molecule has 0 aliphatic rings. The van der Waals surface area contributed by atoms with Gasteiger partial charge < -0.3 is 0 Å². The Morgan fingerprint density at radius 1 is 1.04 bits per heavy atom. The molecule has 3 rings (SSSR count). The molecule has 1 aromatic heterocycles. The summed E-state index contributed by atoms with van der Waals surface area (Å²) >= 11 is 0. The first-order valence-corrected chi connectivity index (χ1v) is 9.19. The number of nitrogens with zero attached hydrogens (tertiary/aromatic N) is 3. The summed E-state index contributed by atoms with van der Waals surface area (Å²) in [7, 11) is 2.80. The van der Waals surface area contributed by atoms with E-state index in [4.69, 9.17) is 4.52 Å². The van der Waals surface area contributed by atoms with Gasteiger partial charge >= 0.3 is 11.3 Å². The highest BCUT2D eigenvalue weighted by Gasteiger charge is 2.37. The number of benzene rings is 2. The summed E-state index contributed by atoms with van der Waals surface area (Å²) in [6.07, 6.45) is 0. The van der Waals surface area contributed by atoms with E-state index in [1.165, 1.54) is 6.92 Å². The maximum atomic E-state index is 11.6. The van der Waals surface area contributed by atoms with E-state index >= 15 is 0 Å². The molecule has 128 valence electrons. The maximum absolute atomic E-state index is 11.6. The fourth-order valence-corrected chi connectivity index (χ4v) is 4.91. The molecule has 6 nitrogen and oxygen atoms in total. The lowest BCUT2D eigenvalue weighted by atomic mass is 10.4. The molecule has 7 heteroatoms. The molecule has 0 spiro atoms. The zero-order valence-corrected chi connectivity index (χ0v) is 15.3. The standard InChI is InChI=1S/C18H19N4O2P/c1-14(23)19-17-18(22(20-24-17)21(2)3)25(15-10-6-4-7-11-15)16-12-8-5-9-13-16/h4-13H,1-3H3/p+1. The Morgan fingerprint density at radius 2 is 1.56 bits per heavy atom. The molecule has 1 N–H and O–H groups in total. The Morgan fingerprint density at radius 3 is 2.00 bits per heavy atom. The molecule has 0 aliphatic carbocycles. The summed E-state index contributed by atoms with van der Waals surface area (Å²) in [6.45, 7) is 1.46. The van der Waals surface area contributed by atoms with Gasteiger partial charge in [-0.15, -0.1) is 0 Å². The van der Waals surface area contributed by atoms with Gasteiger partial charge in [0.05, 0.1) is 26.8 Å².